The van der Waals surface area contributed by atoms with Crippen LogP contribution in [-0.4, -0.2) is 24.8 Å². The molecule has 8 heteroatoms. The Labute approximate surface area is 114 Å². The van der Waals surface area contributed by atoms with Crippen LogP contribution >= 0.6 is 23.1 Å². The number of nitrogens with zero attached hydrogens (tertiary/aromatic N) is 1. The summed E-state index contributed by atoms with van der Waals surface area (Å²) in [7, 11) is -3.37. The van der Waals surface area contributed by atoms with Crippen LogP contribution in [0.5, 0.6) is 0 Å². The fourth-order valence-electron chi connectivity index (χ4n) is 1.90. The van der Waals surface area contributed by atoms with E-state index in [0.29, 0.717) is 9.46 Å². The number of hydrogen-bond donors (Lipinski definition) is 0. The van der Waals surface area contributed by atoms with E-state index in [-0.39, 0.29) is 9.90 Å². The van der Waals surface area contributed by atoms with Crippen LogP contribution in [-0.2, 0) is 9.84 Å². The standard InChI is InChI=1S/C10H13NO4S3/c1-18(14,15)9-6-8(11(12)13)10(17-9)16-7-4-2-3-5-7/h6-7H,2-5H2,1H3. The van der Waals surface area contributed by atoms with Crippen molar-refractivity contribution < 1.29 is 13.3 Å². The Kier molecular flexibility index (Phi) is 3.98. The first-order valence-electron chi connectivity index (χ1n) is 5.53. The van der Waals surface area contributed by atoms with E-state index in [4.69, 9.17) is 0 Å². The van der Waals surface area contributed by atoms with Gasteiger partial charge in [-0.05, 0) is 12.8 Å². The Morgan fingerprint density at radius 1 is 1.44 bits per heavy atom. The third-order valence-electron chi connectivity index (χ3n) is 2.80. The lowest BCUT2D eigenvalue weighted by Gasteiger charge is -2.05. The molecule has 0 radical (unpaired) electrons. The first-order chi connectivity index (χ1) is 8.38. The zero-order chi connectivity index (χ0) is 13.3. The molecule has 0 atom stereocenters. The van der Waals surface area contributed by atoms with Crippen LogP contribution < -0.4 is 0 Å². The molecule has 18 heavy (non-hydrogen) atoms. The maximum absolute atomic E-state index is 11.4. The summed E-state index contributed by atoms with van der Waals surface area (Å²) in [5, 5.41) is 11.3. The van der Waals surface area contributed by atoms with Crippen LogP contribution in [0.25, 0.3) is 0 Å². The first kappa shape index (κ1) is 13.8. The molecular formula is C10H13NO4S3. The zero-order valence-corrected chi connectivity index (χ0v) is 12.2. The Balaban J connectivity index is 2.32. The highest BCUT2D eigenvalue weighted by molar-refractivity contribution is 8.02. The lowest BCUT2D eigenvalue weighted by atomic mass is 10.4. The predicted octanol–water partition coefficient (Wildman–Crippen LogP) is 3.09. The summed E-state index contributed by atoms with van der Waals surface area (Å²) < 4.78 is 23.5. The van der Waals surface area contributed by atoms with Gasteiger partial charge in [-0.3, -0.25) is 10.1 Å². The molecule has 100 valence electrons. The van der Waals surface area contributed by atoms with E-state index in [1.807, 2.05) is 0 Å². The van der Waals surface area contributed by atoms with Gasteiger partial charge in [-0.1, -0.05) is 12.8 Å². The van der Waals surface area contributed by atoms with Gasteiger partial charge in [0.2, 0.25) is 0 Å². The van der Waals surface area contributed by atoms with Crippen molar-refractivity contribution in [3.63, 3.8) is 0 Å². The third-order valence-corrected chi connectivity index (χ3v) is 7.28. The van der Waals surface area contributed by atoms with Crippen molar-refractivity contribution in [2.45, 2.75) is 39.4 Å². The molecule has 1 aliphatic rings. The molecule has 2 rings (SSSR count). The van der Waals surface area contributed by atoms with E-state index in [1.54, 1.807) is 0 Å². The van der Waals surface area contributed by atoms with Crippen LogP contribution in [0, 0.1) is 10.1 Å². The Morgan fingerprint density at radius 2 is 2.06 bits per heavy atom. The van der Waals surface area contributed by atoms with Crippen LogP contribution in [0.1, 0.15) is 25.7 Å². The summed E-state index contributed by atoms with van der Waals surface area (Å²) in [4.78, 5) is 10.4. The number of rotatable bonds is 4. The molecule has 0 bridgehead atoms. The van der Waals surface area contributed by atoms with Gasteiger partial charge in [-0.25, -0.2) is 8.42 Å². The smallest absolute Gasteiger partial charge is 0.258 e. The average Bonchev–Trinajstić information content (AvgIpc) is 2.85. The van der Waals surface area contributed by atoms with E-state index in [9.17, 15) is 18.5 Å². The van der Waals surface area contributed by atoms with Crippen LogP contribution in [0.15, 0.2) is 14.5 Å². The van der Waals surface area contributed by atoms with Gasteiger partial charge in [-0.2, -0.15) is 0 Å². The summed E-state index contributed by atoms with van der Waals surface area (Å²) in [5.41, 5.74) is -0.0719. The van der Waals surface area contributed by atoms with Gasteiger partial charge in [0.1, 0.15) is 8.42 Å². The van der Waals surface area contributed by atoms with Gasteiger partial charge >= 0.3 is 0 Å². The van der Waals surface area contributed by atoms with Crippen molar-refractivity contribution in [3.05, 3.63) is 16.2 Å². The molecule has 1 aromatic rings. The van der Waals surface area contributed by atoms with Crippen LogP contribution in [0.2, 0.25) is 0 Å². The van der Waals surface area contributed by atoms with Gasteiger partial charge in [-0.15, -0.1) is 23.1 Å². The number of nitro groups is 1. The summed E-state index contributed by atoms with van der Waals surface area (Å²) >= 11 is 2.47. The zero-order valence-electron chi connectivity index (χ0n) is 9.79. The minimum absolute atomic E-state index is 0.0719. The minimum atomic E-state index is -3.37. The van der Waals surface area contributed by atoms with Crippen LogP contribution in [0.3, 0.4) is 0 Å². The molecule has 0 spiro atoms. The van der Waals surface area contributed by atoms with Crippen molar-refractivity contribution in [2.24, 2.45) is 0 Å². The number of hydrogen-bond acceptors (Lipinski definition) is 6. The molecule has 1 heterocycles. The normalized spacial score (nSPS) is 17.2. The maximum atomic E-state index is 11.4. The molecule has 1 fully saturated rings. The molecule has 0 aliphatic heterocycles. The van der Waals surface area contributed by atoms with E-state index in [1.165, 1.54) is 17.8 Å². The second-order valence-corrected chi connectivity index (χ2v) is 9.16. The lowest BCUT2D eigenvalue weighted by Crippen LogP contribution is -1.94. The topological polar surface area (TPSA) is 77.3 Å². The average molecular weight is 307 g/mol. The van der Waals surface area contributed by atoms with E-state index >= 15 is 0 Å². The molecule has 0 unspecified atom stereocenters. The highest BCUT2D eigenvalue weighted by atomic mass is 32.2. The molecule has 1 aromatic heterocycles. The highest BCUT2D eigenvalue weighted by Gasteiger charge is 2.27. The Hall–Kier alpha value is -0.600. The van der Waals surface area contributed by atoms with Crippen molar-refractivity contribution in [1.29, 1.82) is 0 Å². The Bertz CT molecular complexity index is 558. The number of thioether (sulfide) groups is 1. The SMILES string of the molecule is CS(=O)(=O)c1cc([N+](=O)[O-])c(SC2CCCC2)s1. The van der Waals surface area contributed by atoms with Gasteiger partial charge in [0.05, 0.1) is 4.92 Å². The second kappa shape index (κ2) is 5.18. The summed E-state index contributed by atoms with van der Waals surface area (Å²) in [5.74, 6) is 0. The fourth-order valence-corrected chi connectivity index (χ4v) is 5.82. The van der Waals surface area contributed by atoms with Crippen molar-refractivity contribution >= 4 is 38.6 Å². The van der Waals surface area contributed by atoms with E-state index in [0.717, 1.165) is 43.3 Å². The van der Waals surface area contributed by atoms with Gasteiger partial charge in [0.25, 0.3) is 5.69 Å². The Morgan fingerprint density at radius 3 is 2.56 bits per heavy atom. The lowest BCUT2D eigenvalue weighted by molar-refractivity contribution is -0.387. The molecule has 1 saturated carbocycles. The summed E-state index contributed by atoms with van der Waals surface area (Å²) in [6.45, 7) is 0. The minimum Gasteiger partial charge on any atom is -0.258 e. The molecule has 5 nitrogen and oxygen atoms in total. The monoisotopic (exact) mass is 307 g/mol. The van der Waals surface area contributed by atoms with Gasteiger partial charge in [0, 0.05) is 17.6 Å². The molecule has 0 saturated heterocycles. The predicted molar refractivity (Wildman–Crippen MR) is 72.2 cm³/mol. The largest absolute Gasteiger partial charge is 0.295 e. The van der Waals surface area contributed by atoms with Gasteiger partial charge in [0.15, 0.2) is 9.84 Å². The summed E-state index contributed by atoms with van der Waals surface area (Å²) in [6.07, 6.45) is 5.47. The molecule has 0 N–H and O–H groups in total. The van der Waals surface area contributed by atoms with Gasteiger partial charge < -0.3 is 0 Å². The second-order valence-electron chi connectivity index (χ2n) is 4.29. The highest BCUT2D eigenvalue weighted by Crippen LogP contribution is 2.44. The van der Waals surface area contributed by atoms with Crippen molar-refractivity contribution in [3.8, 4) is 0 Å². The third kappa shape index (κ3) is 3.04. The number of sulfone groups is 1. The molecule has 0 aromatic carbocycles. The van der Waals surface area contributed by atoms with Crippen molar-refractivity contribution in [1.82, 2.24) is 0 Å². The fraction of sp³-hybridized carbons (Fsp3) is 0.600. The van der Waals surface area contributed by atoms with E-state index < -0.39 is 14.8 Å². The van der Waals surface area contributed by atoms with Crippen molar-refractivity contribution in [2.75, 3.05) is 6.26 Å². The number of thiophene rings is 1. The molecule has 1 aliphatic carbocycles. The summed E-state index contributed by atoms with van der Waals surface area (Å²) in [6, 6.07) is 1.18. The quantitative estimate of drug-likeness (QED) is 0.631. The molecule has 0 amide bonds. The molecular weight excluding hydrogens is 294 g/mol. The van der Waals surface area contributed by atoms with Crippen LogP contribution in [0.4, 0.5) is 5.69 Å². The first-order valence-corrected chi connectivity index (χ1v) is 9.11. The maximum Gasteiger partial charge on any atom is 0.295 e. The van der Waals surface area contributed by atoms with E-state index in [2.05, 4.69) is 0 Å².